The van der Waals surface area contributed by atoms with Gasteiger partial charge in [0.05, 0.1) is 19.8 Å². The number of pyridine rings is 3. The van der Waals surface area contributed by atoms with Gasteiger partial charge in [0.15, 0.2) is 58.0 Å². The quantitative estimate of drug-likeness (QED) is 0.0277. The molecule has 2 N–H and O–H groups in total. The van der Waals surface area contributed by atoms with E-state index >= 15 is 0 Å². The van der Waals surface area contributed by atoms with Crippen molar-refractivity contribution in [2.24, 2.45) is 17.8 Å². The van der Waals surface area contributed by atoms with Crippen LogP contribution >= 0.6 is 34.2 Å². The average molecular weight is 1690 g/mol. The molecule has 11 aromatic rings. The van der Waals surface area contributed by atoms with Gasteiger partial charge in [-0.15, -0.1) is 0 Å². The number of nitrogens with one attached hydrogen (secondary N) is 2. The fourth-order valence-electron chi connectivity index (χ4n) is 12.6. The van der Waals surface area contributed by atoms with Crippen LogP contribution in [-0.2, 0) is 19.3 Å². The molecule has 14 rings (SSSR count). The Hall–Kier alpha value is -10.1. The first-order chi connectivity index (χ1) is 53.8. The van der Waals surface area contributed by atoms with Crippen LogP contribution in [0.1, 0.15) is 120 Å². The van der Waals surface area contributed by atoms with Crippen molar-refractivity contribution in [1.29, 1.82) is 0 Å². The number of anilines is 3. The van der Waals surface area contributed by atoms with Gasteiger partial charge in [0.1, 0.15) is 34.2 Å². The molecular weight excluding hydrogens is 1590 g/mol. The number of hydrogen-bond donors (Lipinski definition) is 2. The highest BCUT2D eigenvalue weighted by molar-refractivity contribution is 14.1. The summed E-state index contributed by atoms with van der Waals surface area (Å²) < 4.78 is 108. The van der Waals surface area contributed by atoms with Crippen LogP contribution in [-0.4, -0.2) is 147 Å². The molecule has 0 aliphatic carbocycles. The topological polar surface area (TPSA) is 238 Å². The Kier molecular flexibility index (Phi) is 34.8. The lowest BCUT2D eigenvalue weighted by molar-refractivity contribution is 0.207. The van der Waals surface area contributed by atoms with Crippen molar-refractivity contribution >= 4 is 52.0 Å². The molecule has 602 valence electrons. The maximum absolute atomic E-state index is 14.9. The van der Waals surface area contributed by atoms with Gasteiger partial charge in [-0.2, -0.15) is 10.2 Å². The zero-order valence-electron chi connectivity index (χ0n) is 64.0. The van der Waals surface area contributed by atoms with Crippen molar-refractivity contribution in [3.8, 4) is 56.4 Å². The molecule has 31 heteroatoms. The predicted molar refractivity (Wildman–Crippen MR) is 436 cm³/mol. The van der Waals surface area contributed by atoms with Gasteiger partial charge in [-0.25, -0.2) is 85.8 Å². The van der Waals surface area contributed by atoms with Crippen molar-refractivity contribution in [3.05, 3.63) is 213 Å². The van der Waals surface area contributed by atoms with Gasteiger partial charge in [0.2, 0.25) is 17.8 Å². The Morgan fingerprint density at radius 2 is 0.858 bits per heavy atom. The lowest BCUT2D eigenvalue weighted by Crippen LogP contribution is -2.36. The first kappa shape index (κ1) is 88.5. The highest BCUT2D eigenvalue weighted by atomic mass is 127. The number of aromatic nitrogens is 15. The fourth-order valence-corrected chi connectivity index (χ4v) is 13.4. The van der Waals surface area contributed by atoms with Gasteiger partial charge in [-0.1, -0.05) is 53.1 Å². The number of ether oxygens (including phenoxy) is 3. The standard InChI is InChI=1S/C26H27F2N7O.C24H25ClF2N4O.C24H25F2IN4O.C5H13N.C2H3N3.CH4.FH/c1-3-18-12-30-26(31-13-18)34-8-6-19(7-9-34)14-36-25-22(27)10-20(11-23(25)28)21-4-5-24(33-17(21)2)35-16-29-15-32-35;1-3-16-12-28-24(29-13-16)31-8-6-17(7-9-31)14-32-23-20(26)10-18(11-21(23)27)19-4-5-22(25)30-15(19)2;1-3-16-12-28-24(29-13-16)31-8-6-17(7-9-31)14-32-23-20(25)10-18(11-21(23)26)19-4-5-22(27)30-15(19)2;1-3-4-5-6-2;1-3-2-5-4-1;;/h4-5,10-13,15-16,19H,3,6-9,14H2,1-2H3;2*4-5,10-13,17H,3,6-9,14H2,1-2H3;6H,3-5H2,1-2H3;1-2H,(H,3,4,5);1H4;1H. The summed E-state index contributed by atoms with van der Waals surface area (Å²) in [7, 11) is 1.98. The number of H-pyrrole nitrogens is 1. The SMILES string of the molecule is C.CCCCNC.CCc1cnc(N2CCC(COc3c(F)cc(-c4ccc(-n5cncn5)nc4C)cc3F)CC2)nc1.CCc1cnc(N2CCC(COc3c(F)cc(-c4ccc(Cl)nc4C)cc3F)CC2)nc1.CCc1cnc(N2CCC(COc3c(F)cc(-c4ccc(I)nc4C)cc3F)CC2)nc1.F.c1nc[nH]n1. The minimum Gasteiger partial charge on any atom is -0.487 e. The highest BCUT2D eigenvalue weighted by Crippen LogP contribution is 2.36. The second-order valence-electron chi connectivity index (χ2n) is 27.1. The summed E-state index contributed by atoms with van der Waals surface area (Å²) in [6, 6.07) is 18.2. The maximum Gasteiger partial charge on any atom is 0.225 e. The number of aryl methyl sites for hydroxylation is 6. The number of hydrogen-bond acceptors (Lipinski definition) is 20. The Morgan fingerprint density at radius 1 is 0.496 bits per heavy atom. The molecule has 113 heavy (non-hydrogen) atoms. The van der Waals surface area contributed by atoms with Crippen LogP contribution in [0.25, 0.3) is 39.2 Å². The Labute approximate surface area is 674 Å². The Morgan fingerprint density at radius 3 is 1.14 bits per heavy atom. The van der Waals surface area contributed by atoms with Crippen molar-refractivity contribution in [1.82, 2.24) is 80.1 Å². The third-order valence-electron chi connectivity index (χ3n) is 19.2. The van der Waals surface area contributed by atoms with E-state index in [4.69, 9.17) is 25.8 Å². The fraction of sp³-hybridized carbons (Fsp3) is 0.402. The van der Waals surface area contributed by atoms with Crippen LogP contribution in [0.5, 0.6) is 17.2 Å². The number of rotatable bonds is 22. The average Bonchev–Trinajstić information content (AvgIpc) is 1.46. The summed E-state index contributed by atoms with van der Waals surface area (Å²) in [5, 5.41) is 13.4. The van der Waals surface area contributed by atoms with Gasteiger partial charge in [0, 0.05) is 110 Å². The van der Waals surface area contributed by atoms with E-state index in [9.17, 15) is 26.3 Å². The number of unbranched alkanes of at least 4 members (excludes halogenated alkanes) is 1. The summed E-state index contributed by atoms with van der Waals surface area (Å²) in [4.78, 5) is 53.5. The van der Waals surface area contributed by atoms with Crippen LogP contribution in [0.15, 0.2) is 135 Å². The molecule has 0 bridgehead atoms. The zero-order chi connectivity index (χ0) is 78.8. The molecule has 0 atom stereocenters. The summed E-state index contributed by atoms with van der Waals surface area (Å²) >= 11 is 7.98. The van der Waals surface area contributed by atoms with Crippen molar-refractivity contribution in [2.45, 2.75) is 127 Å². The van der Waals surface area contributed by atoms with E-state index in [1.54, 1.807) is 38.1 Å². The molecule has 22 nitrogen and oxygen atoms in total. The smallest absolute Gasteiger partial charge is 0.225 e. The minimum atomic E-state index is -0.730. The normalized spacial score (nSPS) is 13.6. The number of nitrogens with zero attached hydrogens (tertiary/aromatic N) is 17. The molecule has 0 saturated carbocycles. The van der Waals surface area contributed by atoms with E-state index in [0.717, 1.165) is 148 Å². The van der Waals surface area contributed by atoms with Crippen molar-refractivity contribution in [2.75, 3.05) is 87.4 Å². The molecule has 8 aromatic heterocycles. The summed E-state index contributed by atoms with van der Waals surface area (Å²) in [6.45, 7) is 20.4. The first-order valence-electron chi connectivity index (χ1n) is 37.4. The molecule has 11 heterocycles. The molecule has 0 radical (unpaired) electrons. The summed E-state index contributed by atoms with van der Waals surface area (Å²) in [5.41, 5.74) is 8.48. The van der Waals surface area contributed by atoms with Crippen LogP contribution in [0.4, 0.5) is 48.9 Å². The lowest BCUT2D eigenvalue weighted by atomic mass is 9.98. The summed E-state index contributed by atoms with van der Waals surface area (Å²) in [5.74, 6) is -1.91. The number of benzene rings is 3. The van der Waals surface area contributed by atoms with Crippen LogP contribution in [0, 0.1) is 77.1 Å². The Bertz CT molecular complexity index is 4430. The van der Waals surface area contributed by atoms with Crippen LogP contribution in [0.2, 0.25) is 5.15 Å². The molecular formula is C82H98ClF7IN19O3. The van der Waals surface area contributed by atoms with E-state index in [2.05, 4.69) is 140 Å². The predicted octanol–water partition coefficient (Wildman–Crippen LogP) is 17.4. The highest BCUT2D eigenvalue weighted by Gasteiger charge is 2.28. The second-order valence-corrected chi connectivity index (χ2v) is 28.5. The maximum atomic E-state index is 14.9. The number of piperidine rings is 3. The molecule has 3 saturated heterocycles. The molecule has 0 spiro atoms. The number of halogens is 9. The second kappa shape index (κ2) is 44.4. The lowest BCUT2D eigenvalue weighted by Gasteiger charge is -2.31. The third kappa shape index (κ3) is 25.2. The minimum absolute atomic E-state index is 0. The molecule has 0 unspecified atom stereocenters. The van der Waals surface area contributed by atoms with Crippen molar-refractivity contribution < 1.29 is 45.3 Å². The zero-order valence-corrected chi connectivity index (χ0v) is 67.0. The van der Waals surface area contributed by atoms with E-state index in [-0.39, 0.29) is 67.0 Å². The van der Waals surface area contributed by atoms with Gasteiger partial charge in [0.25, 0.3) is 0 Å². The van der Waals surface area contributed by atoms with E-state index in [0.29, 0.717) is 55.7 Å². The third-order valence-corrected chi connectivity index (χ3v) is 20.1. The van der Waals surface area contributed by atoms with Gasteiger partial charge in [-0.05, 0) is 245 Å². The Balaban J connectivity index is 0.000000197. The van der Waals surface area contributed by atoms with E-state index in [1.807, 2.05) is 63.3 Å². The first-order valence-corrected chi connectivity index (χ1v) is 38.8. The van der Waals surface area contributed by atoms with E-state index < -0.39 is 34.9 Å². The van der Waals surface area contributed by atoms with Gasteiger partial charge in [-0.3, -0.25) is 9.80 Å². The van der Waals surface area contributed by atoms with Gasteiger partial charge < -0.3 is 34.2 Å². The van der Waals surface area contributed by atoms with Crippen LogP contribution < -0.4 is 34.2 Å². The molecule has 3 aromatic carbocycles. The molecule has 3 fully saturated rings. The van der Waals surface area contributed by atoms with Crippen LogP contribution in [0.3, 0.4) is 0 Å². The van der Waals surface area contributed by atoms with Gasteiger partial charge >= 0.3 is 0 Å². The number of aromatic amines is 1. The monoisotopic (exact) mass is 1690 g/mol. The molecule has 3 aliphatic rings. The summed E-state index contributed by atoms with van der Waals surface area (Å²) in [6.07, 6.45) is 27.4. The van der Waals surface area contributed by atoms with Crippen molar-refractivity contribution in [3.63, 3.8) is 0 Å². The molecule has 3 aliphatic heterocycles. The molecule has 0 amide bonds. The van der Waals surface area contributed by atoms with E-state index in [1.165, 1.54) is 79.2 Å². The largest absolute Gasteiger partial charge is 0.487 e.